The van der Waals surface area contributed by atoms with Gasteiger partial charge in [0.1, 0.15) is 12.3 Å². The van der Waals surface area contributed by atoms with E-state index in [9.17, 15) is 9.59 Å². The lowest BCUT2D eigenvalue weighted by Crippen LogP contribution is -2.52. The molecule has 2 heterocycles. The quantitative estimate of drug-likeness (QED) is 0.816. The van der Waals surface area contributed by atoms with E-state index in [1.165, 1.54) is 19.3 Å². The number of benzene rings is 1. The Kier molecular flexibility index (Phi) is 5.91. The van der Waals surface area contributed by atoms with E-state index < -0.39 is 0 Å². The molecule has 136 valence electrons. The maximum atomic E-state index is 12.5. The first-order valence-corrected chi connectivity index (χ1v) is 9.12. The van der Waals surface area contributed by atoms with Crippen LogP contribution in [0.15, 0.2) is 24.3 Å². The lowest BCUT2D eigenvalue weighted by molar-refractivity contribution is -0.137. The number of rotatable bonds is 5. The molecule has 2 amide bonds. The third-order valence-electron chi connectivity index (χ3n) is 5.05. The summed E-state index contributed by atoms with van der Waals surface area (Å²) in [6.45, 7) is 4.31. The van der Waals surface area contributed by atoms with Crippen molar-refractivity contribution in [3.63, 3.8) is 0 Å². The van der Waals surface area contributed by atoms with Crippen LogP contribution in [0.4, 0.5) is 5.69 Å². The highest BCUT2D eigenvalue weighted by Crippen LogP contribution is 2.21. The van der Waals surface area contributed by atoms with Crippen molar-refractivity contribution in [3.8, 4) is 5.75 Å². The van der Waals surface area contributed by atoms with Crippen LogP contribution in [-0.2, 0) is 9.59 Å². The molecular formula is C19H27N3O3. The van der Waals surface area contributed by atoms with Gasteiger partial charge in [-0.1, -0.05) is 6.42 Å². The molecule has 2 aliphatic heterocycles. The number of likely N-dealkylation sites (tertiary alicyclic amines) is 1. The summed E-state index contributed by atoms with van der Waals surface area (Å²) in [7, 11) is 1.62. The second kappa shape index (κ2) is 8.34. The van der Waals surface area contributed by atoms with Crippen LogP contribution in [0.3, 0.4) is 0 Å². The van der Waals surface area contributed by atoms with Crippen LogP contribution >= 0.6 is 0 Å². The summed E-state index contributed by atoms with van der Waals surface area (Å²) in [6, 6.07) is 7.45. The van der Waals surface area contributed by atoms with Gasteiger partial charge in [0, 0.05) is 31.7 Å². The minimum Gasteiger partial charge on any atom is -0.497 e. The fourth-order valence-electron chi connectivity index (χ4n) is 3.52. The molecule has 0 spiro atoms. The maximum Gasteiger partial charge on any atom is 0.246 e. The molecule has 0 N–H and O–H groups in total. The molecule has 0 bridgehead atoms. The zero-order valence-electron chi connectivity index (χ0n) is 14.9. The molecule has 3 rings (SSSR count). The topological polar surface area (TPSA) is 53.1 Å². The van der Waals surface area contributed by atoms with Crippen molar-refractivity contribution >= 4 is 17.5 Å². The molecule has 1 aromatic carbocycles. The smallest absolute Gasteiger partial charge is 0.246 e. The fraction of sp³-hybridized carbons (Fsp3) is 0.579. The summed E-state index contributed by atoms with van der Waals surface area (Å²) in [5.41, 5.74) is 0.853. The SMILES string of the molecule is COc1ccc(N2CCN(C(=O)CCN3CCCCC3)CC2=O)cc1. The third kappa shape index (κ3) is 4.51. The van der Waals surface area contributed by atoms with Gasteiger partial charge in [-0.15, -0.1) is 0 Å². The minimum absolute atomic E-state index is 0.0252. The zero-order valence-corrected chi connectivity index (χ0v) is 14.9. The average molecular weight is 345 g/mol. The van der Waals surface area contributed by atoms with Crippen molar-refractivity contribution in [2.45, 2.75) is 25.7 Å². The normalized spacial score (nSPS) is 19.2. The summed E-state index contributed by atoms with van der Waals surface area (Å²) in [5, 5.41) is 0. The largest absolute Gasteiger partial charge is 0.497 e. The minimum atomic E-state index is -0.0252. The van der Waals surface area contributed by atoms with Crippen LogP contribution in [-0.4, -0.2) is 68.0 Å². The lowest BCUT2D eigenvalue weighted by atomic mass is 10.1. The Labute approximate surface area is 149 Å². The van der Waals surface area contributed by atoms with Gasteiger partial charge in [0.25, 0.3) is 0 Å². The predicted octanol–water partition coefficient (Wildman–Crippen LogP) is 1.75. The van der Waals surface area contributed by atoms with Gasteiger partial charge in [-0.25, -0.2) is 0 Å². The highest BCUT2D eigenvalue weighted by molar-refractivity contribution is 5.98. The number of piperazine rings is 1. The Morgan fingerprint density at radius 1 is 1.04 bits per heavy atom. The number of carbonyl (C=O) groups excluding carboxylic acids is 2. The molecule has 0 saturated carbocycles. The van der Waals surface area contributed by atoms with Gasteiger partial charge in [-0.3, -0.25) is 9.59 Å². The van der Waals surface area contributed by atoms with E-state index in [1.54, 1.807) is 16.9 Å². The molecule has 2 fully saturated rings. The average Bonchev–Trinajstić information content (AvgIpc) is 2.67. The number of anilines is 1. The van der Waals surface area contributed by atoms with Gasteiger partial charge in [0.15, 0.2) is 0 Å². The molecular weight excluding hydrogens is 318 g/mol. The number of methoxy groups -OCH3 is 1. The molecule has 0 aliphatic carbocycles. The van der Waals surface area contributed by atoms with E-state index in [1.807, 2.05) is 24.3 Å². The van der Waals surface area contributed by atoms with E-state index in [4.69, 9.17) is 4.74 Å². The van der Waals surface area contributed by atoms with Crippen LogP contribution in [0.25, 0.3) is 0 Å². The second-order valence-corrected chi connectivity index (χ2v) is 6.71. The van der Waals surface area contributed by atoms with E-state index in [0.717, 1.165) is 31.1 Å². The van der Waals surface area contributed by atoms with Crippen LogP contribution in [0.2, 0.25) is 0 Å². The maximum absolute atomic E-state index is 12.5. The van der Waals surface area contributed by atoms with Crippen LogP contribution < -0.4 is 9.64 Å². The Morgan fingerprint density at radius 2 is 1.76 bits per heavy atom. The first kappa shape index (κ1) is 17.7. The van der Waals surface area contributed by atoms with Crippen LogP contribution in [0.1, 0.15) is 25.7 Å². The molecule has 1 aromatic rings. The molecule has 0 radical (unpaired) electrons. The second-order valence-electron chi connectivity index (χ2n) is 6.71. The van der Waals surface area contributed by atoms with Gasteiger partial charge < -0.3 is 19.4 Å². The summed E-state index contributed by atoms with van der Waals surface area (Å²) in [6.07, 6.45) is 4.27. The van der Waals surface area contributed by atoms with Crippen molar-refractivity contribution in [2.75, 3.05) is 51.3 Å². The Hall–Kier alpha value is -2.08. The highest BCUT2D eigenvalue weighted by atomic mass is 16.5. The van der Waals surface area contributed by atoms with Crippen molar-refractivity contribution in [2.24, 2.45) is 0 Å². The number of piperidine rings is 1. The first-order chi connectivity index (χ1) is 12.2. The number of amides is 2. The van der Waals surface area contributed by atoms with Gasteiger partial charge >= 0.3 is 0 Å². The Bertz CT molecular complexity index is 596. The van der Waals surface area contributed by atoms with Crippen molar-refractivity contribution in [1.82, 2.24) is 9.80 Å². The van der Waals surface area contributed by atoms with E-state index >= 15 is 0 Å². The zero-order chi connectivity index (χ0) is 17.6. The van der Waals surface area contributed by atoms with Gasteiger partial charge in [-0.2, -0.15) is 0 Å². The molecule has 0 aromatic heterocycles. The van der Waals surface area contributed by atoms with Crippen LogP contribution in [0.5, 0.6) is 5.75 Å². The van der Waals surface area contributed by atoms with E-state index in [-0.39, 0.29) is 18.4 Å². The molecule has 25 heavy (non-hydrogen) atoms. The molecule has 0 atom stereocenters. The first-order valence-electron chi connectivity index (χ1n) is 9.12. The molecule has 6 heteroatoms. The van der Waals surface area contributed by atoms with Crippen molar-refractivity contribution in [3.05, 3.63) is 24.3 Å². The summed E-state index contributed by atoms with van der Waals surface area (Å²) >= 11 is 0. The summed E-state index contributed by atoms with van der Waals surface area (Å²) < 4.78 is 5.15. The lowest BCUT2D eigenvalue weighted by Gasteiger charge is -2.35. The molecule has 0 unspecified atom stereocenters. The highest BCUT2D eigenvalue weighted by Gasteiger charge is 2.28. The van der Waals surface area contributed by atoms with Crippen molar-refractivity contribution in [1.29, 1.82) is 0 Å². The number of ether oxygens (including phenoxy) is 1. The summed E-state index contributed by atoms with van der Waals surface area (Å²) in [4.78, 5) is 30.7. The number of carbonyl (C=O) groups is 2. The Balaban J connectivity index is 1.50. The van der Waals surface area contributed by atoms with E-state index in [2.05, 4.69) is 4.90 Å². The molecule has 2 aliphatic rings. The van der Waals surface area contributed by atoms with Gasteiger partial charge in [-0.05, 0) is 50.2 Å². The third-order valence-corrected chi connectivity index (χ3v) is 5.05. The van der Waals surface area contributed by atoms with Crippen LogP contribution in [0, 0.1) is 0 Å². The van der Waals surface area contributed by atoms with Gasteiger partial charge in [0.2, 0.25) is 11.8 Å². The van der Waals surface area contributed by atoms with Gasteiger partial charge in [0.05, 0.1) is 7.11 Å². The number of nitrogens with zero attached hydrogens (tertiary/aromatic N) is 3. The molecule has 2 saturated heterocycles. The standard InChI is InChI=1S/C19H27N3O3/c1-25-17-7-5-16(6-8-17)22-14-13-21(15-19(22)24)18(23)9-12-20-10-3-2-4-11-20/h5-8H,2-4,9-15H2,1H3. The monoisotopic (exact) mass is 345 g/mol. The van der Waals surface area contributed by atoms with E-state index in [0.29, 0.717) is 19.5 Å². The fourth-order valence-corrected chi connectivity index (χ4v) is 3.52. The predicted molar refractivity (Wildman–Crippen MR) is 96.8 cm³/mol. The summed E-state index contributed by atoms with van der Waals surface area (Å²) in [5.74, 6) is 0.832. The number of hydrogen-bond donors (Lipinski definition) is 0. The van der Waals surface area contributed by atoms with Crippen molar-refractivity contribution < 1.29 is 14.3 Å². The molecule has 6 nitrogen and oxygen atoms in total. The number of hydrogen-bond acceptors (Lipinski definition) is 4. The Morgan fingerprint density at radius 3 is 2.40 bits per heavy atom.